The molecule has 0 aromatic carbocycles. The number of piperidine rings is 1. The molecule has 4 heteroatoms. The molecule has 0 aliphatic carbocycles. The average molecular weight is 155 g/mol. The highest BCUT2D eigenvalue weighted by Crippen LogP contribution is 2.18. The van der Waals surface area contributed by atoms with Gasteiger partial charge in [0.25, 0.3) is 0 Å². The lowest BCUT2D eigenvalue weighted by Gasteiger charge is -2.32. The molecule has 11 heavy (non-hydrogen) atoms. The van der Waals surface area contributed by atoms with Crippen molar-refractivity contribution in [3.8, 4) is 0 Å². The van der Waals surface area contributed by atoms with Crippen LogP contribution >= 0.6 is 0 Å². The molecule has 2 unspecified atom stereocenters. The van der Waals surface area contributed by atoms with E-state index in [4.69, 9.17) is 5.41 Å². The van der Waals surface area contributed by atoms with Crippen LogP contribution in [0.1, 0.15) is 13.3 Å². The third-order valence-electron chi connectivity index (χ3n) is 2.14. The fourth-order valence-electron chi connectivity index (χ4n) is 1.46. The van der Waals surface area contributed by atoms with E-state index in [1.54, 1.807) is 4.90 Å². The first-order chi connectivity index (χ1) is 5.15. The summed E-state index contributed by atoms with van der Waals surface area (Å²) in [6.45, 7) is 2.56. The summed E-state index contributed by atoms with van der Waals surface area (Å²) >= 11 is 0. The molecule has 1 fully saturated rings. The quantitative estimate of drug-likeness (QED) is 0.576. The number of hydrogen-bond acceptors (Lipinski definition) is 3. The minimum absolute atomic E-state index is 0.121. The summed E-state index contributed by atoms with van der Waals surface area (Å²) in [6, 6.07) is -0.121. The van der Waals surface area contributed by atoms with Gasteiger partial charge in [0.2, 0.25) is 0 Å². The third kappa shape index (κ3) is 1.56. The summed E-state index contributed by atoms with van der Waals surface area (Å²) < 4.78 is 0. The van der Waals surface area contributed by atoms with Crippen molar-refractivity contribution in [2.45, 2.75) is 19.4 Å². The number of rotatable bonds is 1. The standard InChI is InChI=1S/C7H13N3O/c1-5-3-6(9-11)4-10(2)7(5)8/h5-6,8H,3-4H2,1-2H3. The van der Waals surface area contributed by atoms with E-state index in [9.17, 15) is 4.91 Å². The van der Waals surface area contributed by atoms with E-state index in [1.807, 2.05) is 14.0 Å². The van der Waals surface area contributed by atoms with Crippen LogP contribution in [0.25, 0.3) is 0 Å². The van der Waals surface area contributed by atoms with Crippen molar-refractivity contribution < 1.29 is 0 Å². The summed E-state index contributed by atoms with van der Waals surface area (Å²) in [6.07, 6.45) is 0.729. The van der Waals surface area contributed by atoms with Crippen LogP contribution in [0.3, 0.4) is 0 Å². The zero-order valence-electron chi connectivity index (χ0n) is 6.87. The monoisotopic (exact) mass is 155 g/mol. The molecule has 1 rings (SSSR count). The number of nitrogens with one attached hydrogen (secondary N) is 1. The van der Waals surface area contributed by atoms with Crippen molar-refractivity contribution in [3.63, 3.8) is 0 Å². The molecule has 0 bridgehead atoms. The first kappa shape index (κ1) is 8.17. The highest BCUT2D eigenvalue weighted by Gasteiger charge is 2.26. The van der Waals surface area contributed by atoms with Crippen LogP contribution in [0.5, 0.6) is 0 Å². The lowest BCUT2D eigenvalue weighted by molar-refractivity contribution is 0.346. The Kier molecular flexibility index (Phi) is 2.22. The van der Waals surface area contributed by atoms with Crippen LogP contribution in [0.4, 0.5) is 0 Å². The van der Waals surface area contributed by atoms with Crippen LogP contribution in [0.2, 0.25) is 0 Å². The van der Waals surface area contributed by atoms with E-state index in [0.29, 0.717) is 12.4 Å². The first-order valence-electron chi connectivity index (χ1n) is 3.77. The van der Waals surface area contributed by atoms with E-state index in [-0.39, 0.29) is 12.0 Å². The molecule has 2 atom stereocenters. The lowest BCUT2D eigenvalue weighted by atomic mass is 9.96. The van der Waals surface area contributed by atoms with E-state index in [2.05, 4.69) is 5.18 Å². The largest absolute Gasteiger partial charge is 0.361 e. The van der Waals surface area contributed by atoms with Gasteiger partial charge in [0.1, 0.15) is 6.04 Å². The molecule has 0 saturated carbocycles. The number of amidine groups is 1. The molecule has 1 N–H and O–H groups in total. The van der Waals surface area contributed by atoms with Gasteiger partial charge in [-0.2, -0.15) is 4.91 Å². The van der Waals surface area contributed by atoms with E-state index in [1.165, 1.54) is 0 Å². The fraction of sp³-hybridized carbons (Fsp3) is 0.857. The Balaban J connectivity index is 2.61. The van der Waals surface area contributed by atoms with Crippen LogP contribution in [-0.4, -0.2) is 30.4 Å². The normalized spacial score (nSPS) is 32.2. The van der Waals surface area contributed by atoms with Gasteiger partial charge in [-0.15, -0.1) is 0 Å². The van der Waals surface area contributed by atoms with Gasteiger partial charge in [0, 0.05) is 19.5 Å². The van der Waals surface area contributed by atoms with E-state index < -0.39 is 0 Å². The van der Waals surface area contributed by atoms with Crippen LogP contribution in [-0.2, 0) is 0 Å². The average Bonchev–Trinajstić information content (AvgIpc) is 1.99. The van der Waals surface area contributed by atoms with Gasteiger partial charge in [-0.1, -0.05) is 12.1 Å². The second-order valence-electron chi connectivity index (χ2n) is 3.16. The molecule has 0 amide bonds. The maximum atomic E-state index is 10.2. The highest BCUT2D eigenvalue weighted by atomic mass is 16.3. The molecule has 0 aromatic heterocycles. The molecular formula is C7H13N3O. The number of likely N-dealkylation sites (tertiary alicyclic amines) is 1. The van der Waals surface area contributed by atoms with Crippen molar-refractivity contribution in [1.29, 1.82) is 5.41 Å². The molecule has 0 aromatic rings. The minimum atomic E-state index is -0.121. The van der Waals surface area contributed by atoms with Gasteiger partial charge in [0.05, 0.1) is 5.84 Å². The predicted molar refractivity (Wildman–Crippen MR) is 43.7 cm³/mol. The SMILES string of the molecule is CC1CC(N=O)CN(C)C1=N. The second kappa shape index (κ2) is 2.98. The van der Waals surface area contributed by atoms with Crippen molar-refractivity contribution in [1.82, 2.24) is 4.90 Å². The van der Waals surface area contributed by atoms with Gasteiger partial charge in [-0.3, -0.25) is 5.41 Å². The van der Waals surface area contributed by atoms with Crippen LogP contribution < -0.4 is 0 Å². The Morgan fingerprint density at radius 2 is 2.36 bits per heavy atom. The number of likely N-dealkylation sites (N-methyl/N-ethyl adjacent to an activating group) is 1. The summed E-state index contributed by atoms with van der Waals surface area (Å²) in [5.41, 5.74) is 0. The fourth-order valence-corrected chi connectivity index (χ4v) is 1.46. The smallest absolute Gasteiger partial charge is 0.110 e. The number of nitroso groups, excluding NO2 is 1. The van der Waals surface area contributed by atoms with Crippen molar-refractivity contribution in [3.05, 3.63) is 4.91 Å². The summed E-state index contributed by atoms with van der Waals surface area (Å²) in [5, 5.41) is 10.5. The Morgan fingerprint density at radius 3 is 2.82 bits per heavy atom. The predicted octanol–water partition coefficient (Wildman–Crippen LogP) is 1.07. The minimum Gasteiger partial charge on any atom is -0.361 e. The third-order valence-corrected chi connectivity index (χ3v) is 2.14. The van der Waals surface area contributed by atoms with Gasteiger partial charge in [0.15, 0.2) is 0 Å². The molecule has 0 spiro atoms. The highest BCUT2D eigenvalue weighted by molar-refractivity contribution is 5.81. The zero-order chi connectivity index (χ0) is 8.43. The molecule has 1 aliphatic rings. The van der Waals surface area contributed by atoms with Gasteiger partial charge in [-0.25, -0.2) is 0 Å². The van der Waals surface area contributed by atoms with Crippen molar-refractivity contribution in [2.75, 3.05) is 13.6 Å². The maximum Gasteiger partial charge on any atom is 0.110 e. The summed E-state index contributed by atoms with van der Waals surface area (Å²) in [5.74, 6) is 0.793. The van der Waals surface area contributed by atoms with Gasteiger partial charge >= 0.3 is 0 Å². The van der Waals surface area contributed by atoms with Gasteiger partial charge < -0.3 is 4.90 Å². The van der Waals surface area contributed by atoms with Crippen molar-refractivity contribution >= 4 is 5.84 Å². The zero-order valence-corrected chi connectivity index (χ0v) is 6.87. The van der Waals surface area contributed by atoms with Crippen LogP contribution in [0.15, 0.2) is 5.18 Å². The molecule has 4 nitrogen and oxygen atoms in total. The Labute approximate surface area is 66.1 Å². The van der Waals surface area contributed by atoms with Crippen LogP contribution in [0, 0.1) is 16.2 Å². The van der Waals surface area contributed by atoms with E-state index in [0.717, 1.165) is 6.42 Å². The molecule has 62 valence electrons. The molecule has 0 radical (unpaired) electrons. The van der Waals surface area contributed by atoms with Gasteiger partial charge in [-0.05, 0) is 6.42 Å². The summed E-state index contributed by atoms with van der Waals surface area (Å²) in [7, 11) is 1.83. The molecule has 1 aliphatic heterocycles. The number of hydrogen-bond donors (Lipinski definition) is 1. The van der Waals surface area contributed by atoms with Crippen molar-refractivity contribution in [2.24, 2.45) is 11.1 Å². The first-order valence-corrected chi connectivity index (χ1v) is 3.77. The Bertz CT molecular complexity index is 167. The maximum absolute atomic E-state index is 10.2. The Hall–Kier alpha value is -0.930. The molecule has 1 heterocycles. The van der Waals surface area contributed by atoms with E-state index >= 15 is 0 Å². The lowest BCUT2D eigenvalue weighted by Crippen LogP contribution is -2.43. The molecule has 1 saturated heterocycles. The summed E-state index contributed by atoms with van der Waals surface area (Å²) in [4.78, 5) is 12.0. The molecular weight excluding hydrogens is 142 g/mol. The number of nitrogens with zero attached hydrogens (tertiary/aromatic N) is 2. The second-order valence-corrected chi connectivity index (χ2v) is 3.16. The Morgan fingerprint density at radius 1 is 1.73 bits per heavy atom. The topological polar surface area (TPSA) is 56.5 Å².